The van der Waals surface area contributed by atoms with E-state index in [0.29, 0.717) is 11.3 Å². The first-order valence-electron chi connectivity index (χ1n) is 3.42. The Morgan fingerprint density at radius 1 is 1.42 bits per heavy atom. The van der Waals surface area contributed by atoms with Crippen molar-refractivity contribution in [3.63, 3.8) is 0 Å². The lowest BCUT2D eigenvalue weighted by Gasteiger charge is -2.02. The molecular formula is C8H10N2O2. The third kappa shape index (κ3) is 1.47. The summed E-state index contributed by atoms with van der Waals surface area (Å²) >= 11 is 0. The maximum Gasteiger partial charge on any atom is 0.124 e. The predicted octanol–water partition coefficient (Wildman–Crippen LogP) is 0.780. The quantitative estimate of drug-likeness (QED) is 0.249. The highest BCUT2D eigenvalue weighted by Crippen LogP contribution is 2.22. The van der Waals surface area contributed by atoms with Gasteiger partial charge in [-0.15, -0.1) is 0 Å². The van der Waals surface area contributed by atoms with E-state index in [4.69, 9.17) is 10.9 Å². The molecule has 1 aromatic rings. The van der Waals surface area contributed by atoms with Crippen molar-refractivity contribution in [1.82, 2.24) is 0 Å². The van der Waals surface area contributed by atoms with E-state index in [2.05, 4.69) is 5.10 Å². The Balaban J connectivity index is 3.23. The first kappa shape index (κ1) is 8.39. The number of hydrogen-bond acceptors (Lipinski definition) is 4. The van der Waals surface area contributed by atoms with Crippen LogP contribution in [0, 0.1) is 0 Å². The molecule has 1 aromatic carbocycles. The summed E-state index contributed by atoms with van der Waals surface area (Å²) < 4.78 is 0. The maximum absolute atomic E-state index is 9.29. The van der Waals surface area contributed by atoms with E-state index in [1.54, 1.807) is 6.92 Å². The van der Waals surface area contributed by atoms with Gasteiger partial charge in [0.1, 0.15) is 11.5 Å². The Hall–Kier alpha value is -1.71. The van der Waals surface area contributed by atoms with Crippen LogP contribution in [0.4, 0.5) is 0 Å². The third-order valence-corrected chi connectivity index (χ3v) is 1.56. The largest absolute Gasteiger partial charge is 0.508 e. The molecule has 0 heterocycles. The van der Waals surface area contributed by atoms with E-state index in [9.17, 15) is 5.11 Å². The summed E-state index contributed by atoms with van der Waals surface area (Å²) in [6.45, 7) is 1.65. The summed E-state index contributed by atoms with van der Waals surface area (Å²) in [7, 11) is 0. The minimum absolute atomic E-state index is 0.0551. The van der Waals surface area contributed by atoms with Gasteiger partial charge in [-0.1, -0.05) is 0 Å². The summed E-state index contributed by atoms with van der Waals surface area (Å²) in [5.41, 5.74) is 0.918. The second-order valence-electron chi connectivity index (χ2n) is 2.42. The Morgan fingerprint density at radius 3 is 2.67 bits per heavy atom. The molecule has 1 rings (SSSR count). The van der Waals surface area contributed by atoms with Crippen LogP contribution in [-0.4, -0.2) is 15.9 Å². The summed E-state index contributed by atoms with van der Waals surface area (Å²) in [6, 6.07) is 4.18. The second-order valence-corrected chi connectivity index (χ2v) is 2.42. The molecule has 0 aromatic heterocycles. The molecule has 0 radical (unpaired) electrons. The number of nitrogens with zero attached hydrogens (tertiary/aromatic N) is 1. The van der Waals surface area contributed by atoms with Crippen molar-refractivity contribution in [1.29, 1.82) is 0 Å². The lowest BCUT2D eigenvalue weighted by Crippen LogP contribution is -1.98. The molecule has 0 unspecified atom stereocenters. The molecule has 0 atom stereocenters. The number of hydrogen-bond donors (Lipinski definition) is 3. The van der Waals surface area contributed by atoms with Crippen LogP contribution >= 0.6 is 0 Å². The highest BCUT2D eigenvalue weighted by atomic mass is 16.3. The lowest BCUT2D eigenvalue weighted by molar-refractivity contribution is 0.459. The molecule has 64 valence electrons. The van der Waals surface area contributed by atoms with Crippen LogP contribution in [0.25, 0.3) is 0 Å². The molecule has 0 aliphatic carbocycles. The number of aromatic hydroxyl groups is 2. The van der Waals surface area contributed by atoms with E-state index in [1.807, 2.05) is 0 Å². The van der Waals surface area contributed by atoms with Gasteiger partial charge in [0.05, 0.1) is 5.71 Å². The fraction of sp³-hybridized carbons (Fsp3) is 0.125. The number of phenols is 2. The molecule has 0 saturated heterocycles. The van der Waals surface area contributed by atoms with E-state index >= 15 is 0 Å². The molecular weight excluding hydrogens is 156 g/mol. The monoisotopic (exact) mass is 166 g/mol. The van der Waals surface area contributed by atoms with Gasteiger partial charge in [-0.3, -0.25) is 0 Å². The fourth-order valence-electron chi connectivity index (χ4n) is 0.883. The van der Waals surface area contributed by atoms with Crippen LogP contribution in [0.5, 0.6) is 11.5 Å². The number of hydrazone groups is 1. The molecule has 0 aliphatic heterocycles. The standard InChI is InChI=1S/C8H10N2O2/c1-5(10-9)7-4-6(11)2-3-8(7)12/h2-4,11-12H,9H2,1H3. The zero-order valence-electron chi connectivity index (χ0n) is 6.65. The van der Waals surface area contributed by atoms with Gasteiger partial charge in [-0.25, -0.2) is 0 Å². The number of rotatable bonds is 1. The minimum atomic E-state index is 0.0551. The van der Waals surface area contributed by atoms with Gasteiger partial charge in [0.2, 0.25) is 0 Å². The first-order valence-corrected chi connectivity index (χ1v) is 3.42. The molecule has 4 N–H and O–H groups in total. The van der Waals surface area contributed by atoms with Crippen LogP contribution in [0.15, 0.2) is 23.3 Å². The van der Waals surface area contributed by atoms with Gasteiger partial charge in [0, 0.05) is 5.56 Å². The number of benzene rings is 1. The van der Waals surface area contributed by atoms with Crippen molar-refractivity contribution in [2.45, 2.75) is 6.92 Å². The predicted molar refractivity (Wildman–Crippen MR) is 46.2 cm³/mol. The summed E-state index contributed by atoms with van der Waals surface area (Å²) in [5, 5.41) is 21.8. The normalized spacial score (nSPS) is 11.6. The van der Waals surface area contributed by atoms with Crippen molar-refractivity contribution in [2.75, 3.05) is 0 Å². The Morgan fingerprint density at radius 2 is 2.08 bits per heavy atom. The lowest BCUT2D eigenvalue weighted by atomic mass is 10.1. The summed E-state index contributed by atoms with van der Waals surface area (Å²) in [6.07, 6.45) is 0. The molecule has 0 aliphatic rings. The molecule has 12 heavy (non-hydrogen) atoms. The average Bonchev–Trinajstić information content (AvgIpc) is 2.08. The fourth-order valence-corrected chi connectivity index (χ4v) is 0.883. The van der Waals surface area contributed by atoms with E-state index in [-0.39, 0.29) is 11.5 Å². The summed E-state index contributed by atoms with van der Waals surface area (Å²) in [4.78, 5) is 0. The van der Waals surface area contributed by atoms with Gasteiger partial charge < -0.3 is 16.1 Å². The molecule has 0 fully saturated rings. The van der Waals surface area contributed by atoms with Crippen LogP contribution in [0.1, 0.15) is 12.5 Å². The van der Waals surface area contributed by atoms with Crippen LogP contribution in [-0.2, 0) is 0 Å². The Bertz CT molecular complexity index is 321. The van der Waals surface area contributed by atoms with Crippen LogP contribution in [0.3, 0.4) is 0 Å². The van der Waals surface area contributed by atoms with Crippen molar-refractivity contribution in [3.8, 4) is 11.5 Å². The Labute approximate surface area is 70.0 Å². The van der Waals surface area contributed by atoms with Crippen molar-refractivity contribution in [3.05, 3.63) is 23.8 Å². The zero-order chi connectivity index (χ0) is 9.14. The van der Waals surface area contributed by atoms with Gasteiger partial charge in [-0.2, -0.15) is 5.10 Å². The van der Waals surface area contributed by atoms with Gasteiger partial charge in [0.15, 0.2) is 0 Å². The highest BCUT2D eigenvalue weighted by molar-refractivity contribution is 6.01. The average molecular weight is 166 g/mol. The van der Waals surface area contributed by atoms with Crippen molar-refractivity contribution in [2.24, 2.45) is 10.9 Å². The first-order chi connectivity index (χ1) is 5.65. The molecule has 0 bridgehead atoms. The number of phenolic OH excluding ortho intramolecular Hbond substituents is 2. The molecule has 0 saturated carbocycles. The molecule has 0 amide bonds. The maximum atomic E-state index is 9.29. The highest BCUT2D eigenvalue weighted by Gasteiger charge is 2.04. The Kier molecular flexibility index (Phi) is 2.19. The molecule has 0 spiro atoms. The summed E-state index contributed by atoms with van der Waals surface area (Å²) in [5.74, 6) is 5.15. The smallest absolute Gasteiger partial charge is 0.124 e. The van der Waals surface area contributed by atoms with Gasteiger partial charge >= 0.3 is 0 Å². The molecule has 4 heteroatoms. The molecule has 4 nitrogen and oxygen atoms in total. The topological polar surface area (TPSA) is 78.8 Å². The van der Waals surface area contributed by atoms with E-state index in [0.717, 1.165) is 0 Å². The second kappa shape index (κ2) is 3.13. The SMILES string of the molecule is CC(=NN)c1cc(O)ccc1O. The third-order valence-electron chi connectivity index (χ3n) is 1.56. The van der Waals surface area contributed by atoms with Crippen molar-refractivity contribution < 1.29 is 10.2 Å². The van der Waals surface area contributed by atoms with Gasteiger partial charge in [-0.05, 0) is 25.1 Å². The van der Waals surface area contributed by atoms with Crippen LogP contribution in [0.2, 0.25) is 0 Å². The zero-order valence-corrected chi connectivity index (χ0v) is 6.65. The van der Waals surface area contributed by atoms with E-state index in [1.165, 1.54) is 18.2 Å². The minimum Gasteiger partial charge on any atom is -0.508 e. The van der Waals surface area contributed by atoms with E-state index < -0.39 is 0 Å². The van der Waals surface area contributed by atoms with Crippen LogP contribution < -0.4 is 5.84 Å². The van der Waals surface area contributed by atoms with Crippen molar-refractivity contribution >= 4 is 5.71 Å². The van der Waals surface area contributed by atoms with Gasteiger partial charge in [0.25, 0.3) is 0 Å². The number of nitrogens with two attached hydrogens (primary N) is 1.